The van der Waals surface area contributed by atoms with Crippen molar-refractivity contribution in [3.8, 4) is 5.75 Å². The molecule has 0 aliphatic carbocycles. The zero-order valence-electron chi connectivity index (χ0n) is 6.87. The number of pyridine rings is 1. The Labute approximate surface area is 69.8 Å². The largest absolute Gasteiger partial charge is 0.494 e. The first-order chi connectivity index (χ1) is 5.66. The Morgan fingerprint density at radius 2 is 2.33 bits per heavy atom. The predicted molar refractivity (Wildman–Crippen MR) is 42.5 cm³/mol. The van der Waals surface area contributed by atoms with Gasteiger partial charge in [-0.05, 0) is 13.0 Å². The summed E-state index contributed by atoms with van der Waals surface area (Å²) < 4.78 is 4.89. The van der Waals surface area contributed by atoms with Gasteiger partial charge in [0.1, 0.15) is 5.56 Å². The van der Waals surface area contributed by atoms with Crippen LogP contribution < -0.4 is 4.74 Å². The van der Waals surface area contributed by atoms with Crippen LogP contribution in [0.15, 0.2) is 12.3 Å². The van der Waals surface area contributed by atoms with Gasteiger partial charge in [-0.1, -0.05) is 0 Å². The minimum Gasteiger partial charge on any atom is -0.494 e. The van der Waals surface area contributed by atoms with E-state index in [0.717, 1.165) is 0 Å². The number of aryl methyl sites for hydroxylation is 1. The number of ether oxygens (including phenoxy) is 1. The normalized spacial score (nSPS) is 9.50. The van der Waals surface area contributed by atoms with Crippen molar-refractivity contribution in [1.29, 1.82) is 0 Å². The molecule has 1 N–H and O–H groups in total. The van der Waals surface area contributed by atoms with Gasteiger partial charge in [-0.15, -0.1) is 0 Å². The van der Waals surface area contributed by atoms with Crippen LogP contribution in [0.5, 0.6) is 5.75 Å². The molecule has 0 unspecified atom stereocenters. The van der Waals surface area contributed by atoms with Gasteiger partial charge in [-0.25, -0.2) is 4.79 Å². The first-order valence-electron chi connectivity index (χ1n) is 3.39. The summed E-state index contributed by atoms with van der Waals surface area (Å²) in [4.78, 5) is 14.5. The lowest BCUT2D eigenvalue weighted by molar-refractivity contribution is 0.0693. The molecular formula is C8H9NO3. The molecule has 0 aliphatic heterocycles. The lowest BCUT2D eigenvalue weighted by Gasteiger charge is -2.05. The summed E-state index contributed by atoms with van der Waals surface area (Å²) in [6, 6.07) is 1.41. The van der Waals surface area contributed by atoms with Crippen LogP contribution in [0.25, 0.3) is 0 Å². The van der Waals surface area contributed by atoms with Crippen molar-refractivity contribution in [1.82, 2.24) is 4.98 Å². The lowest BCUT2D eigenvalue weighted by Crippen LogP contribution is -2.02. The minimum absolute atomic E-state index is 0.144. The second-order valence-corrected chi connectivity index (χ2v) is 2.28. The van der Waals surface area contributed by atoms with Gasteiger partial charge in [0.25, 0.3) is 0 Å². The minimum atomic E-state index is -1.00. The Bertz CT molecular complexity index is 309. The van der Waals surface area contributed by atoms with Crippen LogP contribution in [0.4, 0.5) is 0 Å². The van der Waals surface area contributed by atoms with Crippen LogP contribution in [0.1, 0.15) is 16.1 Å². The summed E-state index contributed by atoms with van der Waals surface area (Å²) in [5.74, 6) is -0.678. The molecule has 4 heteroatoms. The summed E-state index contributed by atoms with van der Waals surface area (Å²) in [7, 11) is 1.43. The highest BCUT2D eigenvalue weighted by Crippen LogP contribution is 2.20. The standard InChI is InChI=1S/C8H9NO3/c1-5-7(12-2)6(8(10)11)3-4-9-5/h3-4H,1-2H3,(H,10,11). The molecular weight excluding hydrogens is 158 g/mol. The average Bonchev–Trinajstić information content (AvgIpc) is 2.03. The Hall–Kier alpha value is -1.58. The molecule has 1 aromatic rings. The van der Waals surface area contributed by atoms with Crippen LogP contribution in [-0.2, 0) is 0 Å². The third-order valence-corrected chi connectivity index (χ3v) is 1.52. The molecule has 0 atom stereocenters. The maximum absolute atomic E-state index is 10.6. The van der Waals surface area contributed by atoms with E-state index < -0.39 is 5.97 Å². The first-order valence-corrected chi connectivity index (χ1v) is 3.39. The van der Waals surface area contributed by atoms with E-state index >= 15 is 0 Å². The summed E-state index contributed by atoms with van der Waals surface area (Å²) in [5, 5.41) is 8.71. The third kappa shape index (κ3) is 1.37. The molecule has 12 heavy (non-hydrogen) atoms. The summed E-state index contributed by atoms with van der Waals surface area (Å²) in [6.07, 6.45) is 1.45. The first kappa shape index (κ1) is 8.52. The Kier molecular flexibility index (Phi) is 2.28. The quantitative estimate of drug-likeness (QED) is 0.716. The molecule has 0 aliphatic rings. The number of methoxy groups -OCH3 is 1. The number of hydrogen-bond donors (Lipinski definition) is 1. The highest BCUT2D eigenvalue weighted by atomic mass is 16.5. The number of nitrogens with zero attached hydrogens (tertiary/aromatic N) is 1. The van der Waals surface area contributed by atoms with Crippen LogP contribution in [0.2, 0.25) is 0 Å². The maximum Gasteiger partial charge on any atom is 0.339 e. The summed E-state index contributed by atoms with van der Waals surface area (Å²) in [5.41, 5.74) is 0.724. The smallest absolute Gasteiger partial charge is 0.339 e. The third-order valence-electron chi connectivity index (χ3n) is 1.52. The number of rotatable bonds is 2. The Morgan fingerprint density at radius 1 is 1.67 bits per heavy atom. The van der Waals surface area contributed by atoms with Gasteiger partial charge in [0.05, 0.1) is 12.8 Å². The van der Waals surface area contributed by atoms with Crippen molar-refractivity contribution >= 4 is 5.97 Å². The zero-order chi connectivity index (χ0) is 9.14. The molecule has 0 radical (unpaired) electrons. The van der Waals surface area contributed by atoms with Gasteiger partial charge in [0, 0.05) is 6.20 Å². The van der Waals surface area contributed by atoms with Crippen LogP contribution in [0.3, 0.4) is 0 Å². The molecule has 1 rings (SSSR count). The van der Waals surface area contributed by atoms with E-state index in [4.69, 9.17) is 9.84 Å². The van der Waals surface area contributed by atoms with Gasteiger partial charge in [-0.2, -0.15) is 0 Å². The van der Waals surface area contributed by atoms with Crippen molar-refractivity contribution in [3.05, 3.63) is 23.5 Å². The number of aromatic carboxylic acids is 1. The number of aromatic nitrogens is 1. The molecule has 4 nitrogen and oxygen atoms in total. The topological polar surface area (TPSA) is 59.4 Å². The maximum atomic E-state index is 10.6. The highest BCUT2D eigenvalue weighted by molar-refractivity contribution is 5.91. The molecule has 64 valence electrons. The molecule has 1 aromatic heterocycles. The van der Waals surface area contributed by atoms with Crippen LogP contribution >= 0.6 is 0 Å². The van der Waals surface area contributed by atoms with Crippen molar-refractivity contribution < 1.29 is 14.6 Å². The number of carbonyl (C=O) groups is 1. The zero-order valence-corrected chi connectivity index (χ0v) is 6.87. The summed E-state index contributed by atoms with van der Waals surface area (Å²) in [6.45, 7) is 1.70. The van der Waals surface area contributed by atoms with Gasteiger partial charge < -0.3 is 9.84 Å². The van der Waals surface area contributed by atoms with Gasteiger partial charge in [-0.3, -0.25) is 4.98 Å². The van der Waals surface area contributed by atoms with E-state index in [-0.39, 0.29) is 5.56 Å². The second kappa shape index (κ2) is 3.21. The van der Waals surface area contributed by atoms with Gasteiger partial charge in [0.2, 0.25) is 0 Å². The molecule has 0 fully saturated rings. The number of hydrogen-bond acceptors (Lipinski definition) is 3. The lowest BCUT2D eigenvalue weighted by atomic mass is 10.2. The van der Waals surface area contributed by atoms with E-state index in [1.54, 1.807) is 6.92 Å². The van der Waals surface area contributed by atoms with Crippen molar-refractivity contribution in [2.24, 2.45) is 0 Å². The van der Waals surface area contributed by atoms with Gasteiger partial charge >= 0.3 is 5.97 Å². The van der Waals surface area contributed by atoms with E-state index in [1.165, 1.54) is 19.4 Å². The van der Waals surface area contributed by atoms with Crippen molar-refractivity contribution in [3.63, 3.8) is 0 Å². The second-order valence-electron chi connectivity index (χ2n) is 2.28. The monoisotopic (exact) mass is 167 g/mol. The SMILES string of the molecule is COc1c(C(=O)O)ccnc1C. The van der Waals surface area contributed by atoms with E-state index in [0.29, 0.717) is 11.4 Å². The van der Waals surface area contributed by atoms with E-state index in [1.807, 2.05) is 0 Å². The molecule has 0 spiro atoms. The van der Waals surface area contributed by atoms with Crippen LogP contribution in [-0.4, -0.2) is 23.2 Å². The van der Waals surface area contributed by atoms with E-state index in [2.05, 4.69) is 4.98 Å². The highest BCUT2D eigenvalue weighted by Gasteiger charge is 2.12. The molecule has 0 saturated heterocycles. The van der Waals surface area contributed by atoms with Crippen molar-refractivity contribution in [2.75, 3.05) is 7.11 Å². The summed E-state index contributed by atoms with van der Waals surface area (Å²) >= 11 is 0. The molecule has 0 saturated carbocycles. The fourth-order valence-corrected chi connectivity index (χ4v) is 0.979. The van der Waals surface area contributed by atoms with E-state index in [9.17, 15) is 4.79 Å². The van der Waals surface area contributed by atoms with Crippen molar-refractivity contribution in [2.45, 2.75) is 6.92 Å². The van der Waals surface area contributed by atoms with Gasteiger partial charge in [0.15, 0.2) is 5.75 Å². The molecule has 0 amide bonds. The number of carboxylic acid groups (broad SMARTS) is 1. The average molecular weight is 167 g/mol. The molecule has 1 heterocycles. The molecule has 0 aromatic carbocycles. The van der Waals surface area contributed by atoms with Crippen LogP contribution in [0, 0.1) is 6.92 Å². The Morgan fingerprint density at radius 3 is 2.75 bits per heavy atom. The Balaban J connectivity index is 3.27. The fourth-order valence-electron chi connectivity index (χ4n) is 0.979. The molecule has 0 bridgehead atoms. The number of carboxylic acids is 1. The fraction of sp³-hybridized carbons (Fsp3) is 0.250. The predicted octanol–water partition coefficient (Wildman–Crippen LogP) is 1.10.